The van der Waals surface area contributed by atoms with Gasteiger partial charge in [0.1, 0.15) is 22.0 Å². The van der Waals surface area contributed by atoms with E-state index in [2.05, 4.69) is 0 Å². The maximum Gasteiger partial charge on any atom is 0.329 e. The van der Waals surface area contributed by atoms with Gasteiger partial charge >= 0.3 is 5.97 Å². The van der Waals surface area contributed by atoms with Gasteiger partial charge < -0.3 is 9.52 Å². The Labute approximate surface area is 164 Å². The van der Waals surface area contributed by atoms with E-state index in [9.17, 15) is 14.7 Å². The molecule has 0 fully saturated rings. The molecule has 0 amide bonds. The molecule has 0 atom stereocenters. The highest BCUT2D eigenvalue weighted by Crippen LogP contribution is 2.34. The average molecular weight is 394 g/mol. The molecule has 0 aliphatic heterocycles. The average Bonchev–Trinajstić information content (AvgIpc) is 3.31. The molecule has 4 rings (SSSR count). The lowest BCUT2D eigenvalue weighted by atomic mass is 10.0. The molecule has 1 aromatic carbocycles. The number of thiophene rings is 1. The molecule has 142 valence electrons. The van der Waals surface area contributed by atoms with E-state index in [1.54, 1.807) is 12.1 Å². The Morgan fingerprint density at radius 1 is 1.21 bits per heavy atom. The van der Waals surface area contributed by atoms with Gasteiger partial charge in [0.2, 0.25) is 0 Å². The van der Waals surface area contributed by atoms with Gasteiger partial charge in [-0.15, -0.1) is 11.3 Å². The van der Waals surface area contributed by atoms with Gasteiger partial charge in [-0.1, -0.05) is 29.8 Å². The number of aliphatic carboxylic acids is 1. The van der Waals surface area contributed by atoms with Gasteiger partial charge in [-0.25, -0.2) is 9.78 Å². The molecule has 28 heavy (non-hydrogen) atoms. The molecule has 0 aliphatic rings. The molecule has 0 unspecified atom stereocenters. The number of furan rings is 1. The van der Waals surface area contributed by atoms with Crippen LogP contribution in [0.5, 0.6) is 0 Å². The summed E-state index contributed by atoms with van der Waals surface area (Å²) in [4.78, 5) is 30.8. The van der Waals surface area contributed by atoms with Crippen molar-refractivity contribution in [2.24, 2.45) is 0 Å². The van der Waals surface area contributed by atoms with Crippen LogP contribution in [0, 0.1) is 6.92 Å². The summed E-state index contributed by atoms with van der Waals surface area (Å²) in [5.74, 6) is -0.232. The minimum atomic E-state index is -1.49. The van der Waals surface area contributed by atoms with Crippen LogP contribution in [0.25, 0.3) is 32.9 Å². The van der Waals surface area contributed by atoms with Gasteiger partial charge in [-0.3, -0.25) is 9.36 Å². The van der Waals surface area contributed by atoms with Gasteiger partial charge in [-0.05, 0) is 32.9 Å². The number of rotatable bonds is 4. The Hall–Kier alpha value is -3.19. The predicted molar refractivity (Wildman–Crippen MR) is 109 cm³/mol. The number of fused-ring (bicyclic) bond motifs is 1. The minimum absolute atomic E-state index is 0.331. The molecule has 4 aromatic rings. The number of benzene rings is 1. The summed E-state index contributed by atoms with van der Waals surface area (Å²) in [7, 11) is 0. The van der Waals surface area contributed by atoms with Crippen molar-refractivity contribution in [2.75, 3.05) is 0 Å². The molecule has 1 N–H and O–H groups in total. The number of hydrogen-bond donors (Lipinski definition) is 1. The number of aromatic nitrogens is 2. The number of carboxylic acid groups (broad SMARTS) is 1. The van der Waals surface area contributed by atoms with Crippen LogP contribution in [0.15, 0.2) is 57.3 Å². The molecule has 0 saturated carbocycles. The second-order valence-electron chi connectivity index (χ2n) is 7.11. The van der Waals surface area contributed by atoms with Crippen LogP contribution < -0.4 is 5.56 Å². The van der Waals surface area contributed by atoms with Crippen molar-refractivity contribution in [1.82, 2.24) is 9.55 Å². The Balaban J connectivity index is 2.11. The van der Waals surface area contributed by atoms with Crippen molar-refractivity contribution in [3.8, 4) is 22.7 Å². The van der Waals surface area contributed by atoms with E-state index < -0.39 is 17.1 Å². The number of carboxylic acids is 1. The first-order valence-corrected chi connectivity index (χ1v) is 9.57. The molecule has 0 spiro atoms. The first-order valence-electron chi connectivity index (χ1n) is 8.69. The predicted octanol–water partition coefficient (Wildman–Crippen LogP) is 4.51. The summed E-state index contributed by atoms with van der Waals surface area (Å²) < 4.78 is 6.72. The summed E-state index contributed by atoms with van der Waals surface area (Å²) in [6, 6.07) is 11.0. The van der Waals surface area contributed by atoms with E-state index in [4.69, 9.17) is 9.40 Å². The maximum atomic E-state index is 13.5. The number of aryl methyl sites for hydroxylation is 1. The second kappa shape index (κ2) is 6.45. The third-order valence-electron chi connectivity index (χ3n) is 4.79. The zero-order valence-electron chi connectivity index (χ0n) is 15.6. The van der Waals surface area contributed by atoms with Crippen molar-refractivity contribution in [3.63, 3.8) is 0 Å². The summed E-state index contributed by atoms with van der Waals surface area (Å²) in [6.07, 6.45) is 1.53. The zero-order valence-corrected chi connectivity index (χ0v) is 16.4. The SMILES string of the molecule is Cc1ccc(-c2nc3scc(-c4ccco4)c3c(=O)n2C(C)(C)C(=O)O)cc1. The van der Waals surface area contributed by atoms with E-state index >= 15 is 0 Å². The fourth-order valence-electron chi connectivity index (χ4n) is 3.11. The Morgan fingerprint density at radius 2 is 1.93 bits per heavy atom. The molecule has 0 bridgehead atoms. The molecule has 3 heterocycles. The van der Waals surface area contributed by atoms with Crippen LogP contribution in [0.3, 0.4) is 0 Å². The first kappa shape index (κ1) is 18.2. The van der Waals surface area contributed by atoms with Crippen LogP contribution in [0.1, 0.15) is 19.4 Å². The van der Waals surface area contributed by atoms with Gasteiger partial charge in [-0.2, -0.15) is 0 Å². The van der Waals surface area contributed by atoms with Crippen LogP contribution >= 0.6 is 11.3 Å². The van der Waals surface area contributed by atoms with Crippen LogP contribution in [0.2, 0.25) is 0 Å². The standard InChI is InChI=1S/C21H18N2O4S/c1-12-6-8-13(9-7-12)17-22-18-16(14(11-28-18)15-5-4-10-27-15)19(24)23(17)21(2,3)20(25)26/h4-11H,1-3H3,(H,25,26). The Bertz CT molecular complexity index is 1230. The van der Waals surface area contributed by atoms with Crippen LogP contribution in [-0.4, -0.2) is 20.6 Å². The van der Waals surface area contributed by atoms with Gasteiger partial charge in [0, 0.05) is 16.5 Å². The number of carbonyl (C=O) groups is 1. The summed E-state index contributed by atoms with van der Waals surface area (Å²) in [5, 5.41) is 12.0. The van der Waals surface area contributed by atoms with E-state index in [1.165, 1.54) is 36.0 Å². The fraction of sp³-hybridized carbons (Fsp3) is 0.190. The Morgan fingerprint density at radius 3 is 2.54 bits per heavy atom. The second-order valence-corrected chi connectivity index (χ2v) is 7.97. The number of hydrogen-bond acceptors (Lipinski definition) is 5. The molecule has 6 nitrogen and oxygen atoms in total. The molecular formula is C21H18N2O4S. The van der Waals surface area contributed by atoms with E-state index in [1.807, 2.05) is 36.6 Å². The molecule has 7 heteroatoms. The molecule has 0 aliphatic carbocycles. The van der Waals surface area contributed by atoms with Crippen molar-refractivity contribution >= 4 is 27.5 Å². The van der Waals surface area contributed by atoms with Crippen molar-refractivity contribution in [1.29, 1.82) is 0 Å². The van der Waals surface area contributed by atoms with Crippen LogP contribution in [0.4, 0.5) is 0 Å². The number of nitrogens with zero attached hydrogens (tertiary/aromatic N) is 2. The minimum Gasteiger partial charge on any atom is -0.480 e. The maximum absolute atomic E-state index is 13.5. The third-order valence-corrected chi connectivity index (χ3v) is 5.66. The summed E-state index contributed by atoms with van der Waals surface area (Å²) in [5.41, 5.74) is 0.480. The largest absolute Gasteiger partial charge is 0.480 e. The van der Waals surface area contributed by atoms with Gasteiger partial charge in [0.25, 0.3) is 5.56 Å². The molecule has 3 aromatic heterocycles. The van der Waals surface area contributed by atoms with Crippen molar-refractivity contribution in [3.05, 3.63) is 64.0 Å². The lowest BCUT2D eigenvalue weighted by Gasteiger charge is -2.25. The normalized spacial score (nSPS) is 11.8. The lowest BCUT2D eigenvalue weighted by Crippen LogP contribution is -2.44. The van der Waals surface area contributed by atoms with Crippen molar-refractivity contribution < 1.29 is 14.3 Å². The highest BCUT2D eigenvalue weighted by Gasteiger charge is 2.35. The van der Waals surface area contributed by atoms with Gasteiger partial charge in [0.05, 0.1) is 11.6 Å². The first-order chi connectivity index (χ1) is 13.3. The topological polar surface area (TPSA) is 85.3 Å². The monoisotopic (exact) mass is 394 g/mol. The smallest absolute Gasteiger partial charge is 0.329 e. The van der Waals surface area contributed by atoms with Gasteiger partial charge in [0.15, 0.2) is 0 Å². The van der Waals surface area contributed by atoms with E-state index in [-0.39, 0.29) is 0 Å². The molecule has 0 radical (unpaired) electrons. The highest BCUT2D eigenvalue weighted by atomic mass is 32.1. The molecule has 0 saturated heterocycles. The third kappa shape index (κ3) is 2.75. The quantitative estimate of drug-likeness (QED) is 0.550. The lowest BCUT2D eigenvalue weighted by molar-refractivity contribution is -0.145. The van der Waals surface area contributed by atoms with E-state index in [0.29, 0.717) is 32.9 Å². The zero-order chi connectivity index (χ0) is 20.1. The Kier molecular flexibility index (Phi) is 4.19. The molecular weight excluding hydrogens is 376 g/mol. The summed E-state index contributed by atoms with van der Waals surface area (Å²) in [6.45, 7) is 4.96. The fourth-order valence-corrected chi connectivity index (χ4v) is 4.03. The highest BCUT2D eigenvalue weighted by molar-refractivity contribution is 7.17. The van der Waals surface area contributed by atoms with Crippen molar-refractivity contribution in [2.45, 2.75) is 26.3 Å². The van der Waals surface area contributed by atoms with E-state index in [0.717, 1.165) is 5.56 Å². The summed E-state index contributed by atoms with van der Waals surface area (Å²) >= 11 is 1.33. The van der Waals surface area contributed by atoms with Crippen LogP contribution in [-0.2, 0) is 10.3 Å².